The quantitative estimate of drug-likeness (QED) is 0.532. The number of imidazole rings is 1. The Morgan fingerprint density at radius 2 is 1.67 bits per heavy atom. The lowest BCUT2D eigenvalue weighted by Gasteiger charge is -2.38. The van der Waals surface area contributed by atoms with Crippen LogP contribution < -0.4 is 4.74 Å². The highest BCUT2D eigenvalue weighted by Crippen LogP contribution is 2.21. The summed E-state index contributed by atoms with van der Waals surface area (Å²) in [7, 11) is 0. The average Bonchev–Trinajstić information content (AvgIpc) is 3.30. The minimum atomic E-state index is 0.0200. The number of piperazine rings is 1. The van der Waals surface area contributed by atoms with E-state index in [0.29, 0.717) is 49.4 Å². The topological polar surface area (TPSA) is 70.4 Å². The fraction of sp³-hybridized carbons (Fsp3) is 0.464. The van der Waals surface area contributed by atoms with Crippen molar-refractivity contribution in [2.24, 2.45) is 11.8 Å². The molecule has 3 aromatic rings. The second kappa shape index (κ2) is 10.7. The molecule has 8 heteroatoms. The Morgan fingerprint density at radius 3 is 2.36 bits per heavy atom. The highest BCUT2D eigenvalue weighted by atomic mass is 16.5. The summed E-state index contributed by atoms with van der Waals surface area (Å²) in [6, 6.07) is 13.2. The zero-order chi connectivity index (χ0) is 25.1. The van der Waals surface area contributed by atoms with Crippen molar-refractivity contribution in [1.82, 2.24) is 24.1 Å². The third-order valence-corrected chi connectivity index (χ3v) is 7.14. The lowest BCUT2D eigenvalue weighted by Crippen LogP contribution is -2.53. The van der Waals surface area contributed by atoms with Gasteiger partial charge in [-0.2, -0.15) is 0 Å². The van der Waals surface area contributed by atoms with Crippen molar-refractivity contribution >= 4 is 17.5 Å². The van der Waals surface area contributed by atoms with Crippen molar-refractivity contribution < 1.29 is 14.3 Å². The summed E-state index contributed by atoms with van der Waals surface area (Å²) in [6.45, 7) is 9.68. The molecular weight excluding hydrogens is 454 g/mol. The maximum Gasteiger partial charge on any atom is 0.253 e. The summed E-state index contributed by atoms with van der Waals surface area (Å²) >= 11 is 0. The number of carbonyl (C=O) groups is 2. The fourth-order valence-corrected chi connectivity index (χ4v) is 5.36. The number of rotatable bonds is 6. The molecule has 0 aliphatic carbocycles. The van der Waals surface area contributed by atoms with Crippen molar-refractivity contribution in [3.8, 4) is 5.75 Å². The molecule has 0 N–H and O–H groups in total. The molecule has 2 fully saturated rings. The van der Waals surface area contributed by atoms with Gasteiger partial charge in [0, 0.05) is 57.2 Å². The number of hydrogen-bond donors (Lipinski definition) is 0. The minimum absolute atomic E-state index is 0.0200. The van der Waals surface area contributed by atoms with Gasteiger partial charge in [0.25, 0.3) is 5.91 Å². The third kappa shape index (κ3) is 5.70. The number of piperidine rings is 1. The number of pyridine rings is 1. The van der Waals surface area contributed by atoms with Crippen LogP contribution in [0.5, 0.6) is 5.75 Å². The molecule has 2 aromatic heterocycles. The number of fused-ring (bicyclic) bond motifs is 1. The molecule has 0 unspecified atom stereocenters. The van der Waals surface area contributed by atoms with Crippen LogP contribution in [0.4, 0.5) is 0 Å². The molecule has 0 saturated carbocycles. The van der Waals surface area contributed by atoms with Crippen LogP contribution in [-0.2, 0) is 11.4 Å². The number of aromatic nitrogens is 2. The zero-order valence-corrected chi connectivity index (χ0v) is 21.2. The van der Waals surface area contributed by atoms with E-state index in [2.05, 4.69) is 23.7 Å². The molecule has 2 aliphatic heterocycles. The predicted molar refractivity (Wildman–Crippen MR) is 138 cm³/mol. The summed E-state index contributed by atoms with van der Waals surface area (Å²) < 4.78 is 7.84. The molecular formula is C28H35N5O3. The van der Waals surface area contributed by atoms with Gasteiger partial charge in [0.1, 0.15) is 18.0 Å². The highest BCUT2D eigenvalue weighted by Gasteiger charge is 2.28. The first-order valence-corrected chi connectivity index (χ1v) is 12.9. The van der Waals surface area contributed by atoms with Crippen LogP contribution in [-0.4, -0.2) is 81.7 Å². The van der Waals surface area contributed by atoms with Crippen LogP contribution in [0.3, 0.4) is 0 Å². The third-order valence-electron chi connectivity index (χ3n) is 7.14. The molecule has 2 amide bonds. The van der Waals surface area contributed by atoms with E-state index in [4.69, 9.17) is 4.74 Å². The summed E-state index contributed by atoms with van der Waals surface area (Å²) in [6.07, 6.45) is 5.10. The Balaban J connectivity index is 1.09. The van der Waals surface area contributed by atoms with Crippen LogP contribution >= 0.6 is 0 Å². The van der Waals surface area contributed by atoms with Gasteiger partial charge in [-0.05, 0) is 54.7 Å². The monoisotopic (exact) mass is 489 g/mol. The maximum atomic E-state index is 13.0. The van der Waals surface area contributed by atoms with E-state index in [1.165, 1.54) is 6.42 Å². The summed E-state index contributed by atoms with van der Waals surface area (Å²) in [5.41, 5.74) is 2.38. The normalized spacial score (nSPS) is 21.1. The molecule has 2 saturated heterocycles. The smallest absolute Gasteiger partial charge is 0.253 e. The lowest BCUT2D eigenvalue weighted by molar-refractivity contribution is -0.135. The lowest BCUT2D eigenvalue weighted by atomic mass is 9.92. The van der Waals surface area contributed by atoms with Gasteiger partial charge in [-0.1, -0.05) is 19.9 Å². The number of benzene rings is 1. The van der Waals surface area contributed by atoms with E-state index in [9.17, 15) is 9.59 Å². The first-order valence-electron chi connectivity index (χ1n) is 12.9. The van der Waals surface area contributed by atoms with Gasteiger partial charge in [-0.3, -0.25) is 14.5 Å². The predicted octanol–water partition coefficient (Wildman–Crippen LogP) is 3.18. The van der Waals surface area contributed by atoms with Gasteiger partial charge in [-0.25, -0.2) is 4.98 Å². The number of hydrogen-bond acceptors (Lipinski definition) is 5. The second-order valence-corrected chi connectivity index (χ2v) is 10.3. The van der Waals surface area contributed by atoms with E-state index in [1.54, 1.807) is 0 Å². The van der Waals surface area contributed by atoms with Crippen molar-refractivity contribution in [1.29, 1.82) is 0 Å². The van der Waals surface area contributed by atoms with Crippen molar-refractivity contribution in [2.75, 3.05) is 45.8 Å². The van der Waals surface area contributed by atoms with Crippen molar-refractivity contribution in [2.45, 2.75) is 26.9 Å². The molecule has 2 aliphatic rings. The summed E-state index contributed by atoms with van der Waals surface area (Å²) in [4.78, 5) is 36.4. The number of nitrogens with zero attached hydrogens (tertiary/aromatic N) is 5. The Bertz CT molecular complexity index is 1160. The van der Waals surface area contributed by atoms with E-state index in [0.717, 1.165) is 37.5 Å². The molecule has 2 atom stereocenters. The molecule has 4 heterocycles. The van der Waals surface area contributed by atoms with Crippen LogP contribution in [0, 0.1) is 11.8 Å². The fourth-order valence-electron chi connectivity index (χ4n) is 5.36. The zero-order valence-electron chi connectivity index (χ0n) is 21.2. The second-order valence-electron chi connectivity index (χ2n) is 10.3. The molecule has 190 valence electrons. The summed E-state index contributed by atoms with van der Waals surface area (Å²) in [5, 5.41) is 0. The molecule has 1 aromatic carbocycles. The van der Waals surface area contributed by atoms with Crippen LogP contribution in [0.15, 0.2) is 54.9 Å². The molecule has 36 heavy (non-hydrogen) atoms. The van der Waals surface area contributed by atoms with Gasteiger partial charge in [0.15, 0.2) is 0 Å². The Hall–Kier alpha value is -3.39. The van der Waals surface area contributed by atoms with E-state index in [1.807, 2.05) is 69.1 Å². The molecule has 0 spiro atoms. The summed E-state index contributed by atoms with van der Waals surface area (Å²) in [5.74, 6) is 2.07. The highest BCUT2D eigenvalue weighted by molar-refractivity contribution is 5.94. The minimum Gasteiger partial charge on any atom is -0.487 e. The van der Waals surface area contributed by atoms with Gasteiger partial charge in [0.2, 0.25) is 5.91 Å². The van der Waals surface area contributed by atoms with Crippen LogP contribution in [0.25, 0.3) is 5.65 Å². The van der Waals surface area contributed by atoms with Gasteiger partial charge in [-0.15, -0.1) is 0 Å². The van der Waals surface area contributed by atoms with Crippen molar-refractivity contribution in [3.63, 3.8) is 0 Å². The van der Waals surface area contributed by atoms with Gasteiger partial charge < -0.3 is 18.9 Å². The van der Waals surface area contributed by atoms with Crippen molar-refractivity contribution in [3.05, 3.63) is 66.1 Å². The van der Waals surface area contributed by atoms with Crippen LogP contribution in [0.2, 0.25) is 0 Å². The standard InChI is InChI=1S/C28H35N5O3/c1-21-15-22(2)17-33(16-21)27(34)19-30-11-13-31(14-12-30)28(35)23-6-8-25(9-7-23)36-20-24-18-32-10-4-3-5-26(32)29-24/h3-10,18,21-22H,11-17,19-20H2,1-2H3/t21-,22-/m1/s1. The Morgan fingerprint density at radius 1 is 0.944 bits per heavy atom. The van der Waals surface area contributed by atoms with E-state index < -0.39 is 0 Å². The van der Waals surface area contributed by atoms with Crippen LogP contribution in [0.1, 0.15) is 36.3 Å². The van der Waals surface area contributed by atoms with Gasteiger partial charge in [0.05, 0.1) is 12.2 Å². The van der Waals surface area contributed by atoms with Gasteiger partial charge >= 0.3 is 0 Å². The van der Waals surface area contributed by atoms with E-state index >= 15 is 0 Å². The number of carbonyl (C=O) groups excluding carboxylic acids is 2. The number of likely N-dealkylation sites (tertiary alicyclic amines) is 1. The maximum absolute atomic E-state index is 13.0. The first-order chi connectivity index (χ1) is 17.4. The largest absolute Gasteiger partial charge is 0.487 e. The number of amides is 2. The Labute approximate surface area is 212 Å². The molecule has 8 nitrogen and oxygen atoms in total. The van der Waals surface area contributed by atoms with E-state index in [-0.39, 0.29) is 11.8 Å². The Kier molecular flexibility index (Phi) is 7.23. The molecule has 0 bridgehead atoms. The molecule has 5 rings (SSSR count). The average molecular weight is 490 g/mol. The molecule has 0 radical (unpaired) electrons. The SMILES string of the molecule is C[C@@H]1C[C@@H](C)CN(C(=O)CN2CCN(C(=O)c3ccc(OCc4cn5ccccc5n4)cc3)CC2)C1. The first kappa shape index (κ1) is 24.3. The number of ether oxygens (including phenoxy) is 1.